The molecule has 3 amide bonds. The number of amides is 3. The van der Waals surface area contributed by atoms with Gasteiger partial charge in [0.2, 0.25) is 5.91 Å². The maximum atomic E-state index is 12.9. The molecule has 0 aliphatic heterocycles. The van der Waals surface area contributed by atoms with Gasteiger partial charge in [-0.05, 0) is 53.5 Å². The summed E-state index contributed by atoms with van der Waals surface area (Å²) < 4.78 is 1.83. The van der Waals surface area contributed by atoms with Crippen molar-refractivity contribution in [1.82, 2.24) is 25.5 Å². The van der Waals surface area contributed by atoms with Crippen LogP contribution in [-0.2, 0) is 4.79 Å². The first-order valence-electron chi connectivity index (χ1n) is 10.3. The molecule has 0 radical (unpaired) electrons. The normalized spacial score (nSPS) is 14.2. The molecule has 0 bridgehead atoms. The third-order valence-electron chi connectivity index (χ3n) is 5.04. The minimum absolute atomic E-state index is 0.105. The number of hydrogen-bond acceptors (Lipinski definition) is 5. The van der Waals surface area contributed by atoms with Gasteiger partial charge in [0, 0.05) is 16.9 Å². The van der Waals surface area contributed by atoms with Crippen LogP contribution in [0.15, 0.2) is 54.6 Å². The monoisotopic (exact) mass is 419 g/mol. The number of para-hydroxylation sites is 1. The Morgan fingerprint density at radius 2 is 1.74 bits per heavy atom. The maximum absolute atomic E-state index is 12.9. The first-order valence-corrected chi connectivity index (χ1v) is 10.3. The molecule has 1 aliphatic rings. The van der Waals surface area contributed by atoms with Crippen LogP contribution in [0, 0.1) is 5.92 Å². The number of hydrogen-bond donors (Lipinski definition) is 3. The van der Waals surface area contributed by atoms with Crippen molar-refractivity contribution in [2.45, 2.75) is 38.8 Å². The van der Waals surface area contributed by atoms with Crippen molar-refractivity contribution in [3.05, 3.63) is 54.6 Å². The Balaban J connectivity index is 1.44. The molecule has 0 spiro atoms. The molecule has 1 saturated carbocycles. The summed E-state index contributed by atoms with van der Waals surface area (Å²) in [6.45, 7) is 3.76. The number of urea groups is 1. The van der Waals surface area contributed by atoms with Gasteiger partial charge in [-0.15, -0.1) is 5.10 Å². The Labute approximate surface area is 180 Å². The summed E-state index contributed by atoms with van der Waals surface area (Å²) in [6.07, 6.45) is 2.14. The van der Waals surface area contributed by atoms with Crippen molar-refractivity contribution in [2.24, 2.45) is 5.92 Å². The highest BCUT2D eigenvalue weighted by Crippen LogP contribution is 2.36. The zero-order valence-corrected chi connectivity index (χ0v) is 17.4. The number of rotatable bonds is 7. The number of benzene rings is 2. The van der Waals surface area contributed by atoms with E-state index < -0.39 is 12.1 Å². The van der Waals surface area contributed by atoms with E-state index in [0.29, 0.717) is 23.2 Å². The fraction of sp³-hybridized carbons (Fsp3) is 0.318. The Bertz CT molecular complexity index is 1060. The molecule has 9 nitrogen and oxygen atoms in total. The minimum Gasteiger partial charge on any atom is -0.326 e. The SMILES string of the molecule is CC(C)C(NC(=O)Nc1ccccc1)C(=O)Nc1cccc(-c2nnnn2C2CC2)c1. The van der Waals surface area contributed by atoms with Crippen molar-refractivity contribution >= 4 is 23.3 Å². The van der Waals surface area contributed by atoms with Crippen LogP contribution in [0.4, 0.5) is 16.2 Å². The Morgan fingerprint density at radius 3 is 2.45 bits per heavy atom. The predicted molar refractivity (Wildman–Crippen MR) is 117 cm³/mol. The fourth-order valence-corrected chi connectivity index (χ4v) is 3.27. The molecule has 160 valence electrons. The lowest BCUT2D eigenvalue weighted by Gasteiger charge is -2.22. The van der Waals surface area contributed by atoms with E-state index in [-0.39, 0.29) is 11.8 Å². The third kappa shape index (κ3) is 5.06. The van der Waals surface area contributed by atoms with Crippen LogP contribution in [0.3, 0.4) is 0 Å². The van der Waals surface area contributed by atoms with Gasteiger partial charge < -0.3 is 16.0 Å². The molecule has 4 rings (SSSR count). The van der Waals surface area contributed by atoms with E-state index in [1.165, 1.54) is 0 Å². The van der Waals surface area contributed by atoms with Gasteiger partial charge in [0.25, 0.3) is 0 Å². The molecule has 9 heteroatoms. The van der Waals surface area contributed by atoms with Crippen molar-refractivity contribution in [2.75, 3.05) is 10.6 Å². The van der Waals surface area contributed by atoms with E-state index in [2.05, 4.69) is 31.5 Å². The van der Waals surface area contributed by atoms with E-state index in [9.17, 15) is 9.59 Å². The second-order valence-electron chi connectivity index (χ2n) is 7.93. The second kappa shape index (κ2) is 8.95. The largest absolute Gasteiger partial charge is 0.326 e. The van der Waals surface area contributed by atoms with E-state index in [1.807, 2.05) is 54.9 Å². The molecule has 1 aliphatic carbocycles. The smallest absolute Gasteiger partial charge is 0.319 e. The standard InChI is InChI=1S/C22H25N7O2/c1-14(2)19(25-22(31)24-16-8-4-3-5-9-16)21(30)23-17-10-6-7-15(13-17)20-26-27-28-29(20)18-11-12-18/h3-10,13-14,18-19H,11-12H2,1-2H3,(H,23,30)(H2,24,25,31). The van der Waals surface area contributed by atoms with Gasteiger partial charge in [-0.2, -0.15) is 0 Å². The Hall–Kier alpha value is -3.75. The number of tetrazole rings is 1. The number of anilines is 2. The van der Waals surface area contributed by atoms with Crippen LogP contribution >= 0.6 is 0 Å². The molecule has 1 aromatic heterocycles. The topological polar surface area (TPSA) is 114 Å². The molecule has 31 heavy (non-hydrogen) atoms. The summed E-state index contributed by atoms with van der Waals surface area (Å²) in [5.74, 6) is 0.281. The third-order valence-corrected chi connectivity index (χ3v) is 5.04. The fourth-order valence-electron chi connectivity index (χ4n) is 3.27. The van der Waals surface area contributed by atoms with Crippen LogP contribution in [0.5, 0.6) is 0 Å². The van der Waals surface area contributed by atoms with Crippen LogP contribution in [-0.4, -0.2) is 38.2 Å². The number of carbonyl (C=O) groups is 2. The highest BCUT2D eigenvalue weighted by Gasteiger charge is 2.28. The lowest BCUT2D eigenvalue weighted by atomic mass is 10.0. The van der Waals surface area contributed by atoms with Gasteiger partial charge >= 0.3 is 6.03 Å². The van der Waals surface area contributed by atoms with E-state index >= 15 is 0 Å². The van der Waals surface area contributed by atoms with E-state index in [0.717, 1.165) is 18.4 Å². The van der Waals surface area contributed by atoms with Gasteiger partial charge in [0.15, 0.2) is 5.82 Å². The van der Waals surface area contributed by atoms with Crippen LogP contribution < -0.4 is 16.0 Å². The lowest BCUT2D eigenvalue weighted by Crippen LogP contribution is -2.48. The molecular weight excluding hydrogens is 394 g/mol. The molecule has 1 atom stereocenters. The summed E-state index contributed by atoms with van der Waals surface area (Å²) in [5.41, 5.74) is 2.10. The number of nitrogens with one attached hydrogen (secondary N) is 3. The van der Waals surface area contributed by atoms with Crippen LogP contribution in [0.1, 0.15) is 32.7 Å². The minimum atomic E-state index is -0.704. The number of aromatic nitrogens is 4. The van der Waals surface area contributed by atoms with Crippen molar-refractivity contribution in [3.8, 4) is 11.4 Å². The van der Waals surface area contributed by atoms with Gasteiger partial charge in [-0.1, -0.05) is 44.2 Å². The highest BCUT2D eigenvalue weighted by atomic mass is 16.2. The molecular formula is C22H25N7O2. The van der Waals surface area contributed by atoms with Gasteiger partial charge in [-0.3, -0.25) is 4.79 Å². The summed E-state index contributed by atoms with van der Waals surface area (Å²) in [6, 6.07) is 15.7. The summed E-state index contributed by atoms with van der Waals surface area (Å²) in [4.78, 5) is 25.3. The summed E-state index contributed by atoms with van der Waals surface area (Å²) >= 11 is 0. The predicted octanol–water partition coefficient (Wildman–Crippen LogP) is 3.46. The summed E-state index contributed by atoms with van der Waals surface area (Å²) in [7, 11) is 0. The van der Waals surface area contributed by atoms with Crippen molar-refractivity contribution in [1.29, 1.82) is 0 Å². The van der Waals surface area contributed by atoms with Crippen molar-refractivity contribution in [3.63, 3.8) is 0 Å². The molecule has 1 fully saturated rings. The molecule has 1 heterocycles. The number of carbonyl (C=O) groups excluding carboxylic acids is 2. The first-order chi connectivity index (χ1) is 15.0. The Morgan fingerprint density at radius 1 is 1.00 bits per heavy atom. The average Bonchev–Trinajstić information content (AvgIpc) is 3.48. The van der Waals surface area contributed by atoms with Gasteiger partial charge in [-0.25, -0.2) is 9.48 Å². The molecule has 3 aromatic rings. The first kappa shape index (κ1) is 20.5. The van der Waals surface area contributed by atoms with E-state index in [4.69, 9.17) is 0 Å². The zero-order valence-electron chi connectivity index (χ0n) is 17.4. The molecule has 0 saturated heterocycles. The zero-order chi connectivity index (χ0) is 21.8. The van der Waals surface area contributed by atoms with Gasteiger partial charge in [0.05, 0.1) is 6.04 Å². The highest BCUT2D eigenvalue weighted by molar-refractivity contribution is 5.99. The van der Waals surface area contributed by atoms with Crippen LogP contribution in [0.25, 0.3) is 11.4 Å². The van der Waals surface area contributed by atoms with Crippen molar-refractivity contribution < 1.29 is 9.59 Å². The quantitative estimate of drug-likeness (QED) is 0.543. The van der Waals surface area contributed by atoms with E-state index in [1.54, 1.807) is 18.2 Å². The Kier molecular flexibility index (Phi) is 5.92. The van der Waals surface area contributed by atoms with Gasteiger partial charge in [0.1, 0.15) is 6.04 Å². The lowest BCUT2D eigenvalue weighted by molar-refractivity contribution is -0.118. The number of nitrogens with zero attached hydrogens (tertiary/aromatic N) is 4. The van der Waals surface area contributed by atoms with Crippen LogP contribution in [0.2, 0.25) is 0 Å². The molecule has 3 N–H and O–H groups in total. The summed E-state index contributed by atoms with van der Waals surface area (Å²) in [5, 5.41) is 20.4. The average molecular weight is 419 g/mol. The maximum Gasteiger partial charge on any atom is 0.319 e. The molecule has 1 unspecified atom stereocenters. The second-order valence-corrected chi connectivity index (χ2v) is 7.93. The molecule has 2 aromatic carbocycles.